The van der Waals surface area contributed by atoms with E-state index in [1.54, 1.807) is 18.3 Å². The Morgan fingerprint density at radius 1 is 1.44 bits per heavy atom. The zero-order valence-corrected chi connectivity index (χ0v) is 9.62. The number of ether oxygens (including phenoxy) is 1. The number of hydrogen-bond donors (Lipinski definition) is 1. The molecule has 2 aromatic rings. The number of carboxylic acid groups (broad SMARTS) is 1. The number of nitrogens with zero attached hydrogens (tertiary/aromatic N) is 1. The molecular formula is C12H11NO5. The van der Waals surface area contributed by atoms with Crippen LogP contribution in [0.15, 0.2) is 39.7 Å². The number of carbonyl (C=O) groups is 1. The Balaban J connectivity index is 2.28. The molecule has 1 N–H and O–H groups in total. The fraction of sp³-hybridized carbons (Fsp3) is 0.167. The van der Waals surface area contributed by atoms with Gasteiger partial charge in [0.1, 0.15) is 5.76 Å². The molecule has 0 saturated carbocycles. The van der Waals surface area contributed by atoms with Crippen LogP contribution in [-0.4, -0.2) is 22.8 Å². The Morgan fingerprint density at radius 2 is 2.22 bits per heavy atom. The standard InChI is InChI=1S/C12H11NO5/c1-17-9-3-2-6-13(11(9)14)7-8-4-5-10(18-8)12(15)16/h2-6H,7H2,1H3,(H,15,16). The molecule has 0 radical (unpaired) electrons. The molecule has 2 aromatic heterocycles. The number of hydrogen-bond acceptors (Lipinski definition) is 4. The number of carboxylic acids is 1. The van der Waals surface area contributed by atoms with Crippen molar-refractivity contribution in [1.82, 2.24) is 4.57 Å². The summed E-state index contributed by atoms with van der Waals surface area (Å²) < 4.78 is 11.4. The molecule has 0 atom stereocenters. The van der Waals surface area contributed by atoms with Gasteiger partial charge in [0, 0.05) is 6.20 Å². The molecule has 0 aromatic carbocycles. The molecule has 0 amide bonds. The van der Waals surface area contributed by atoms with Crippen LogP contribution in [0.5, 0.6) is 5.75 Å². The van der Waals surface area contributed by atoms with E-state index >= 15 is 0 Å². The van der Waals surface area contributed by atoms with E-state index in [2.05, 4.69) is 0 Å². The summed E-state index contributed by atoms with van der Waals surface area (Å²) in [6.07, 6.45) is 1.58. The molecule has 0 saturated heterocycles. The maximum atomic E-state index is 11.8. The van der Waals surface area contributed by atoms with Crippen molar-refractivity contribution in [3.05, 3.63) is 52.3 Å². The van der Waals surface area contributed by atoms with Gasteiger partial charge in [-0.05, 0) is 24.3 Å². The molecule has 0 aliphatic heterocycles. The van der Waals surface area contributed by atoms with Crippen LogP contribution < -0.4 is 10.3 Å². The van der Waals surface area contributed by atoms with Crippen LogP contribution in [0, 0.1) is 0 Å². The summed E-state index contributed by atoms with van der Waals surface area (Å²) in [6, 6.07) is 6.10. The highest BCUT2D eigenvalue weighted by Gasteiger charge is 2.10. The summed E-state index contributed by atoms with van der Waals surface area (Å²) in [5.41, 5.74) is -0.298. The number of methoxy groups -OCH3 is 1. The molecule has 6 heteroatoms. The van der Waals surface area contributed by atoms with Crippen molar-refractivity contribution in [2.24, 2.45) is 0 Å². The predicted molar refractivity (Wildman–Crippen MR) is 62.0 cm³/mol. The second-order valence-corrected chi connectivity index (χ2v) is 3.58. The highest BCUT2D eigenvalue weighted by molar-refractivity contribution is 5.84. The van der Waals surface area contributed by atoms with Gasteiger partial charge >= 0.3 is 5.97 Å². The summed E-state index contributed by atoms with van der Waals surface area (Å²) in [7, 11) is 1.41. The lowest BCUT2D eigenvalue weighted by molar-refractivity contribution is 0.0660. The average Bonchev–Trinajstić information content (AvgIpc) is 2.80. The second kappa shape index (κ2) is 4.79. The first-order valence-corrected chi connectivity index (χ1v) is 5.17. The largest absolute Gasteiger partial charge is 0.491 e. The maximum Gasteiger partial charge on any atom is 0.371 e. The predicted octanol–water partition coefficient (Wildman–Crippen LogP) is 1.20. The molecular weight excluding hydrogens is 238 g/mol. The minimum atomic E-state index is -1.14. The fourth-order valence-electron chi connectivity index (χ4n) is 1.54. The molecule has 0 aliphatic rings. The summed E-state index contributed by atoms with van der Waals surface area (Å²) in [4.78, 5) is 22.5. The number of aromatic carboxylic acids is 1. The molecule has 2 heterocycles. The number of furan rings is 1. The molecule has 0 unspecified atom stereocenters. The molecule has 0 fully saturated rings. The van der Waals surface area contributed by atoms with E-state index in [0.29, 0.717) is 5.76 Å². The number of pyridine rings is 1. The van der Waals surface area contributed by atoms with Crippen molar-refractivity contribution >= 4 is 5.97 Å². The van der Waals surface area contributed by atoms with Crippen LogP contribution in [-0.2, 0) is 6.54 Å². The lowest BCUT2D eigenvalue weighted by Gasteiger charge is -2.05. The van der Waals surface area contributed by atoms with Gasteiger partial charge in [-0.2, -0.15) is 0 Å². The highest BCUT2D eigenvalue weighted by atomic mass is 16.5. The molecule has 0 bridgehead atoms. The Kier molecular flexibility index (Phi) is 3.18. The molecule has 0 spiro atoms. The van der Waals surface area contributed by atoms with Gasteiger partial charge in [0.2, 0.25) is 5.76 Å². The third kappa shape index (κ3) is 2.27. The first-order valence-electron chi connectivity index (χ1n) is 5.17. The smallest absolute Gasteiger partial charge is 0.371 e. The minimum Gasteiger partial charge on any atom is -0.491 e. The summed E-state index contributed by atoms with van der Waals surface area (Å²) in [5.74, 6) is -0.676. The topological polar surface area (TPSA) is 81.7 Å². The second-order valence-electron chi connectivity index (χ2n) is 3.58. The molecule has 0 aliphatic carbocycles. The van der Waals surface area contributed by atoms with Crippen molar-refractivity contribution in [3.63, 3.8) is 0 Å². The van der Waals surface area contributed by atoms with Crippen LogP contribution in [0.4, 0.5) is 0 Å². The van der Waals surface area contributed by atoms with Crippen LogP contribution in [0.3, 0.4) is 0 Å². The van der Waals surface area contributed by atoms with Crippen molar-refractivity contribution in [1.29, 1.82) is 0 Å². The molecule has 18 heavy (non-hydrogen) atoms. The van der Waals surface area contributed by atoms with E-state index < -0.39 is 5.97 Å². The monoisotopic (exact) mass is 249 g/mol. The fourth-order valence-corrected chi connectivity index (χ4v) is 1.54. The minimum absolute atomic E-state index is 0.152. The Labute approximate surface area is 102 Å². The third-order valence-corrected chi connectivity index (χ3v) is 2.40. The van der Waals surface area contributed by atoms with Crippen LogP contribution in [0.2, 0.25) is 0 Å². The van der Waals surface area contributed by atoms with E-state index in [0.717, 1.165) is 0 Å². The van der Waals surface area contributed by atoms with Crippen LogP contribution in [0.1, 0.15) is 16.3 Å². The van der Waals surface area contributed by atoms with Crippen LogP contribution >= 0.6 is 0 Å². The van der Waals surface area contributed by atoms with Crippen molar-refractivity contribution in [3.8, 4) is 5.75 Å². The van der Waals surface area contributed by atoms with Gasteiger partial charge in [-0.15, -0.1) is 0 Å². The van der Waals surface area contributed by atoms with E-state index in [-0.39, 0.29) is 23.6 Å². The quantitative estimate of drug-likeness (QED) is 0.880. The molecule has 6 nitrogen and oxygen atoms in total. The van der Waals surface area contributed by atoms with Gasteiger partial charge in [-0.25, -0.2) is 4.79 Å². The van der Waals surface area contributed by atoms with Gasteiger partial charge in [0.25, 0.3) is 5.56 Å². The van der Waals surface area contributed by atoms with Gasteiger partial charge in [0.15, 0.2) is 5.75 Å². The van der Waals surface area contributed by atoms with E-state index in [1.165, 1.54) is 23.8 Å². The molecule has 2 rings (SSSR count). The van der Waals surface area contributed by atoms with Crippen molar-refractivity contribution in [2.75, 3.05) is 7.11 Å². The zero-order valence-electron chi connectivity index (χ0n) is 9.62. The summed E-state index contributed by atoms with van der Waals surface area (Å²) in [6.45, 7) is 0.156. The average molecular weight is 249 g/mol. The van der Waals surface area contributed by atoms with Gasteiger partial charge in [0.05, 0.1) is 13.7 Å². The molecule has 94 valence electrons. The van der Waals surface area contributed by atoms with Gasteiger partial charge < -0.3 is 18.8 Å². The van der Waals surface area contributed by atoms with Crippen molar-refractivity contribution in [2.45, 2.75) is 6.54 Å². The lowest BCUT2D eigenvalue weighted by atomic mass is 10.4. The third-order valence-electron chi connectivity index (χ3n) is 2.40. The van der Waals surface area contributed by atoms with Crippen molar-refractivity contribution < 1.29 is 19.1 Å². The van der Waals surface area contributed by atoms with Crippen LogP contribution in [0.25, 0.3) is 0 Å². The zero-order chi connectivity index (χ0) is 13.1. The first kappa shape index (κ1) is 12.0. The van der Waals surface area contributed by atoms with E-state index in [9.17, 15) is 9.59 Å². The van der Waals surface area contributed by atoms with E-state index in [4.69, 9.17) is 14.3 Å². The Morgan fingerprint density at radius 3 is 2.83 bits per heavy atom. The summed E-state index contributed by atoms with van der Waals surface area (Å²) in [5, 5.41) is 8.72. The number of aromatic nitrogens is 1. The normalized spacial score (nSPS) is 10.3. The van der Waals surface area contributed by atoms with Gasteiger partial charge in [-0.1, -0.05) is 0 Å². The van der Waals surface area contributed by atoms with Gasteiger partial charge in [-0.3, -0.25) is 4.79 Å². The summed E-state index contributed by atoms with van der Waals surface area (Å²) >= 11 is 0. The Bertz CT molecular complexity index is 625. The highest BCUT2D eigenvalue weighted by Crippen LogP contribution is 2.09. The maximum absolute atomic E-state index is 11.8. The SMILES string of the molecule is COc1cccn(Cc2ccc(C(=O)O)o2)c1=O. The lowest BCUT2D eigenvalue weighted by Crippen LogP contribution is -2.20. The number of rotatable bonds is 4. The van der Waals surface area contributed by atoms with E-state index in [1.807, 2.05) is 0 Å². The first-order chi connectivity index (χ1) is 8.61. The Hall–Kier alpha value is -2.50.